The summed E-state index contributed by atoms with van der Waals surface area (Å²) in [5.74, 6) is -3.74. The topological polar surface area (TPSA) is 84.0 Å². The number of hydrogen-bond donors (Lipinski definition) is 0. The molecule has 1 fully saturated rings. The lowest BCUT2D eigenvalue weighted by Gasteiger charge is -2.31. The summed E-state index contributed by atoms with van der Waals surface area (Å²) in [6, 6.07) is 15.3. The number of carbonyl (C=O) groups excluding carboxylic acids is 4. The molecule has 0 spiro atoms. The van der Waals surface area contributed by atoms with Gasteiger partial charge >= 0.3 is 5.97 Å². The molecule has 0 saturated carbocycles. The van der Waals surface area contributed by atoms with E-state index < -0.39 is 29.6 Å². The highest BCUT2D eigenvalue weighted by molar-refractivity contribution is 6.21. The maximum atomic E-state index is 12.8. The Morgan fingerprint density at radius 1 is 0.889 bits per heavy atom. The maximum Gasteiger partial charge on any atom is 0.345 e. The molecule has 136 valence electrons. The lowest BCUT2D eigenvalue weighted by Crippen LogP contribution is -2.46. The van der Waals surface area contributed by atoms with Crippen LogP contribution in [0.5, 0.6) is 0 Å². The summed E-state index contributed by atoms with van der Waals surface area (Å²) >= 11 is 0. The molecule has 2 heterocycles. The number of amides is 3. The van der Waals surface area contributed by atoms with Crippen LogP contribution in [0.3, 0.4) is 0 Å². The molecule has 0 bridgehead atoms. The number of carbonyl (C=O) groups is 4. The summed E-state index contributed by atoms with van der Waals surface area (Å²) in [7, 11) is 0. The van der Waals surface area contributed by atoms with Crippen molar-refractivity contribution in [3.05, 3.63) is 65.7 Å². The van der Waals surface area contributed by atoms with Gasteiger partial charge in [0.2, 0.25) is 5.91 Å². The number of rotatable bonds is 3. The van der Waals surface area contributed by atoms with Crippen molar-refractivity contribution in [3.63, 3.8) is 0 Å². The molecule has 7 heteroatoms. The zero-order chi connectivity index (χ0) is 19.0. The van der Waals surface area contributed by atoms with Crippen LogP contribution >= 0.6 is 0 Å². The van der Waals surface area contributed by atoms with Gasteiger partial charge in [-0.05, 0) is 37.1 Å². The van der Waals surface area contributed by atoms with Crippen molar-refractivity contribution in [2.45, 2.75) is 12.8 Å². The smallest absolute Gasteiger partial charge is 0.329 e. The molecule has 0 radical (unpaired) electrons. The molecule has 1 saturated heterocycles. The summed E-state index contributed by atoms with van der Waals surface area (Å²) < 4.78 is 0. The van der Waals surface area contributed by atoms with Gasteiger partial charge < -0.3 is 9.74 Å². The average Bonchev–Trinajstić information content (AvgIpc) is 2.94. The van der Waals surface area contributed by atoms with Crippen LogP contribution in [0.4, 0.5) is 5.69 Å². The number of imide groups is 1. The van der Waals surface area contributed by atoms with E-state index in [1.54, 1.807) is 24.3 Å². The first-order valence-corrected chi connectivity index (χ1v) is 8.64. The van der Waals surface area contributed by atoms with Crippen LogP contribution in [0, 0.1) is 5.92 Å². The van der Waals surface area contributed by atoms with Gasteiger partial charge in [-0.3, -0.25) is 14.4 Å². The third-order valence-electron chi connectivity index (χ3n) is 4.73. The average molecular weight is 364 g/mol. The third kappa shape index (κ3) is 2.87. The lowest BCUT2D eigenvalue weighted by atomic mass is 9.96. The Morgan fingerprint density at radius 2 is 1.48 bits per heavy atom. The normalized spacial score (nSPS) is 19.3. The van der Waals surface area contributed by atoms with E-state index in [1.807, 2.05) is 18.2 Å². The fraction of sp³-hybridized carbons (Fsp3) is 0.200. The van der Waals surface area contributed by atoms with E-state index in [1.165, 1.54) is 17.0 Å². The lowest BCUT2D eigenvalue weighted by molar-refractivity contribution is -0.175. The van der Waals surface area contributed by atoms with Crippen LogP contribution in [0.2, 0.25) is 0 Å². The largest absolute Gasteiger partial charge is 0.345 e. The number of piperidine rings is 1. The number of nitrogens with zero attached hydrogens (tertiary/aromatic N) is 2. The SMILES string of the molecule is O=C(ON1C(=O)c2ccccc2C1=O)C1CCCN(c2ccccc2)C1=O. The zero-order valence-corrected chi connectivity index (χ0v) is 14.3. The molecule has 0 aliphatic carbocycles. The molecule has 27 heavy (non-hydrogen) atoms. The fourth-order valence-electron chi connectivity index (χ4n) is 3.36. The molecule has 2 aromatic rings. The van der Waals surface area contributed by atoms with Crippen LogP contribution < -0.4 is 4.90 Å². The summed E-state index contributed by atoms with van der Waals surface area (Å²) in [4.78, 5) is 56.6. The zero-order valence-electron chi connectivity index (χ0n) is 14.3. The van der Waals surface area contributed by atoms with Crippen LogP contribution in [0.25, 0.3) is 0 Å². The van der Waals surface area contributed by atoms with Crippen molar-refractivity contribution in [2.24, 2.45) is 5.92 Å². The Bertz CT molecular complexity index is 905. The first-order chi connectivity index (χ1) is 13.1. The van der Waals surface area contributed by atoms with Crippen molar-refractivity contribution >= 4 is 29.4 Å². The van der Waals surface area contributed by atoms with E-state index in [2.05, 4.69) is 0 Å². The number of hydroxylamine groups is 2. The first kappa shape index (κ1) is 17.0. The summed E-state index contributed by atoms with van der Waals surface area (Å²) in [6.45, 7) is 0.500. The molecule has 0 aromatic heterocycles. The quantitative estimate of drug-likeness (QED) is 0.616. The number of anilines is 1. The number of para-hydroxylation sites is 1. The van der Waals surface area contributed by atoms with E-state index in [-0.39, 0.29) is 11.1 Å². The van der Waals surface area contributed by atoms with Gasteiger partial charge in [-0.25, -0.2) is 4.79 Å². The molecule has 4 rings (SSSR count). The highest BCUT2D eigenvalue weighted by Gasteiger charge is 2.42. The molecular formula is C20H16N2O5. The Balaban J connectivity index is 1.51. The van der Waals surface area contributed by atoms with Crippen molar-refractivity contribution in [1.29, 1.82) is 0 Å². The molecule has 2 aliphatic rings. The van der Waals surface area contributed by atoms with E-state index in [4.69, 9.17) is 4.84 Å². The molecule has 2 aromatic carbocycles. The minimum Gasteiger partial charge on any atom is -0.329 e. The molecule has 1 unspecified atom stereocenters. The van der Waals surface area contributed by atoms with Crippen LogP contribution in [0.1, 0.15) is 33.6 Å². The first-order valence-electron chi connectivity index (χ1n) is 8.64. The second-order valence-electron chi connectivity index (χ2n) is 6.38. The monoisotopic (exact) mass is 364 g/mol. The van der Waals surface area contributed by atoms with E-state index >= 15 is 0 Å². The minimum absolute atomic E-state index is 0.177. The van der Waals surface area contributed by atoms with Gasteiger partial charge in [0.05, 0.1) is 11.1 Å². The number of benzene rings is 2. The third-order valence-corrected chi connectivity index (χ3v) is 4.73. The summed E-state index contributed by atoms with van der Waals surface area (Å²) in [5, 5.41) is 0.446. The molecule has 1 atom stereocenters. The van der Waals surface area contributed by atoms with E-state index in [0.717, 1.165) is 0 Å². The second-order valence-corrected chi connectivity index (χ2v) is 6.38. The maximum absolute atomic E-state index is 12.8. The Hall–Kier alpha value is -3.48. The van der Waals surface area contributed by atoms with Gasteiger partial charge in [0.25, 0.3) is 11.8 Å². The van der Waals surface area contributed by atoms with Crippen molar-refractivity contribution in [3.8, 4) is 0 Å². The van der Waals surface area contributed by atoms with Gasteiger partial charge in [0, 0.05) is 12.2 Å². The number of fused-ring (bicyclic) bond motifs is 1. The summed E-state index contributed by atoms with van der Waals surface area (Å²) in [6.07, 6.45) is 0.923. The Kier molecular flexibility index (Phi) is 4.19. The fourth-order valence-corrected chi connectivity index (χ4v) is 3.36. The van der Waals surface area contributed by atoms with Gasteiger partial charge in [0.1, 0.15) is 5.92 Å². The van der Waals surface area contributed by atoms with Crippen molar-refractivity contribution < 1.29 is 24.0 Å². The Morgan fingerprint density at radius 3 is 2.11 bits per heavy atom. The minimum atomic E-state index is -1.05. The van der Waals surface area contributed by atoms with Crippen LogP contribution in [-0.2, 0) is 14.4 Å². The van der Waals surface area contributed by atoms with Gasteiger partial charge in [-0.1, -0.05) is 35.4 Å². The van der Waals surface area contributed by atoms with Gasteiger partial charge in [-0.2, -0.15) is 0 Å². The Labute approximate surface area is 155 Å². The molecule has 0 N–H and O–H groups in total. The van der Waals surface area contributed by atoms with E-state index in [9.17, 15) is 19.2 Å². The molecule has 7 nitrogen and oxygen atoms in total. The highest BCUT2D eigenvalue weighted by atomic mass is 16.7. The highest BCUT2D eigenvalue weighted by Crippen LogP contribution is 2.27. The van der Waals surface area contributed by atoms with Crippen LogP contribution in [0.15, 0.2) is 54.6 Å². The summed E-state index contributed by atoms with van der Waals surface area (Å²) in [5.41, 5.74) is 1.05. The second kappa shape index (κ2) is 6.68. The predicted molar refractivity (Wildman–Crippen MR) is 94.6 cm³/mol. The predicted octanol–water partition coefficient (Wildman–Crippen LogP) is 2.18. The van der Waals surface area contributed by atoms with Gasteiger partial charge in [-0.15, -0.1) is 0 Å². The van der Waals surface area contributed by atoms with Crippen molar-refractivity contribution in [1.82, 2.24) is 5.06 Å². The molecule has 2 aliphatic heterocycles. The molecule has 3 amide bonds. The standard InChI is InChI=1S/C20H16N2O5/c23-17-16(11-6-12-21(17)13-7-2-1-3-8-13)20(26)27-22-18(24)14-9-4-5-10-15(14)19(22)25/h1-5,7-10,16H,6,11-12H2. The molecular weight excluding hydrogens is 348 g/mol. The van der Waals surface area contributed by atoms with Crippen molar-refractivity contribution in [2.75, 3.05) is 11.4 Å². The van der Waals surface area contributed by atoms with Gasteiger partial charge in [0.15, 0.2) is 0 Å². The number of hydrogen-bond acceptors (Lipinski definition) is 5. The van der Waals surface area contributed by atoms with E-state index in [0.29, 0.717) is 30.1 Å². The van der Waals surface area contributed by atoms with Crippen LogP contribution in [-0.4, -0.2) is 35.3 Å².